The minimum Gasteiger partial charge on any atom is -0.354 e. The highest BCUT2D eigenvalue weighted by Gasteiger charge is 2.34. The van der Waals surface area contributed by atoms with Crippen molar-refractivity contribution in [2.75, 3.05) is 19.6 Å². The number of nitrogens with zero attached hydrogens (tertiary/aromatic N) is 1. The molecule has 25 heavy (non-hydrogen) atoms. The standard InChI is InChI=1S/C18H24BrN3O3/c1-12(2)16(23)20-9-10-21-17(24)15-4-3-11-22(15)18(25)13-5-7-14(19)8-6-13/h5-8,12,15H,3-4,9-11H2,1-2H3,(H,20,23)(H,21,24). The second kappa shape index (κ2) is 8.99. The summed E-state index contributed by atoms with van der Waals surface area (Å²) in [7, 11) is 0. The quantitative estimate of drug-likeness (QED) is 0.704. The Morgan fingerprint density at radius 1 is 1.16 bits per heavy atom. The van der Waals surface area contributed by atoms with Crippen LogP contribution in [-0.2, 0) is 9.59 Å². The Balaban J connectivity index is 1.87. The summed E-state index contributed by atoms with van der Waals surface area (Å²) in [5.74, 6) is -0.410. The summed E-state index contributed by atoms with van der Waals surface area (Å²) in [5, 5.41) is 5.56. The lowest BCUT2D eigenvalue weighted by Gasteiger charge is -2.24. The maximum atomic E-state index is 12.6. The number of carbonyl (C=O) groups is 3. The molecule has 1 fully saturated rings. The highest BCUT2D eigenvalue weighted by atomic mass is 79.9. The van der Waals surface area contributed by atoms with Crippen LogP contribution in [0.2, 0.25) is 0 Å². The summed E-state index contributed by atoms with van der Waals surface area (Å²) in [6.45, 7) is 4.96. The molecule has 0 aromatic heterocycles. The van der Waals surface area contributed by atoms with Crippen LogP contribution in [0.5, 0.6) is 0 Å². The van der Waals surface area contributed by atoms with E-state index < -0.39 is 6.04 Å². The van der Waals surface area contributed by atoms with Crippen molar-refractivity contribution in [2.24, 2.45) is 5.92 Å². The first kappa shape index (κ1) is 19.4. The maximum absolute atomic E-state index is 12.6. The van der Waals surface area contributed by atoms with E-state index in [0.717, 1.165) is 10.9 Å². The minimum atomic E-state index is -0.447. The van der Waals surface area contributed by atoms with E-state index in [1.807, 2.05) is 26.0 Å². The van der Waals surface area contributed by atoms with Crippen LogP contribution in [0.3, 0.4) is 0 Å². The van der Waals surface area contributed by atoms with Gasteiger partial charge in [0.1, 0.15) is 6.04 Å². The van der Waals surface area contributed by atoms with Crippen LogP contribution in [0.25, 0.3) is 0 Å². The van der Waals surface area contributed by atoms with Crippen LogP contribution < -0.4 is 10.6 Å². The zero-order valence-corrected chi connectivity index (χ0v) is 16.1. The number of nitrogens with one attached hydrogen (secondary N) is 2. The molecule has 1 saturated heterocycles. The molecule has 3 amide bonds. The fourth-order valence-corrected chi connectivity index (χ4v) is 3.00. The topological polar surface area (TPSA) is 78.5 Å². The molecule has 2 rings (SSSR count). The van der Waals surface area contributed by atoms with E-state index in [2.05, 4.69) is 26.6 Å². The van der Waals surface area contributed by atoms with E-state index in [9.17, 15) is 14.4 Å². The zero-order valence-electron chi connectivity index (χ0n) is 14.5. The average molecular weight is 410 g/mol. The number of hydrogen-bond acceptors (Lipinski definition) is 3. The van der Waals surface area contributed by atoms with E-state index in [1.165, 1.54) is 0 Å². The lowest BCUT2D eigenvalue weighted by Crippen LogP contribution is -2.47. The van der Waals surface area contributed by atoms with Gasteiger partial charge in [0.25, 0.3) is 5.91 Å². The summed E-state index contributed by atoms with van der Waals surface area (Å²) < 4.78 is 0.906. The van der Waals surface area contributed by atoms with Crippen molar-refractivity contribution in [1.29, 1.82) is 0 Å². The first-order valence-electron chi connectivity index (χ1n) is 8.52. The number of rotatable bonds is 6. The Morgan fingerprint density at radius 2 is 1.80 bits per heavy atom. The normalized spacial score (nSPS) is 16.8. The second-order valence-corrected chi connectivity index (χ2v) is 7.32. The smallest absolute Gasteiger partial charge is 0.254 e. The van der Waals surface area contributed by atoms with Gasteiger partial charge in [-0.25, -0.2) is 0 Å². The number of likely N-dealkylation sites (tertiary alicyclic amines) is 1. The maximum Gasteiger partial charge on any atom is 0.254 e. The third-order valence-corrected chi connectivity index (χ3v) is 4.68. The lowest BCUT2D eigenvalue weighted by molar-refractivity contribution is -0.126. The Hall–Kier alpha value is -1.89. The summed E-state index contributed by atoms with van der Waals surface area (Å²) in [6, 6.07) is 6.69. The van der Waals surface area contributed by atoms with Crippen LogP contribution in [0.1, 0.15) is 37.0 Å². The molecule has 0 aliphatic carbocycles. The molecule has 0 spiro atoms. The third-order valence-electron chi connectivity index (χ3n) is 4.16. The van der Waals surface area contributed by atoms with Crippen LogP contribution >= 0.6 is 15.9 Å². The molecule has 1 unspecified atom stereocenters. The molecule has 1 heterocycles. The molecule has 6 nitrogen and oxygen atoms in total. The van der Waals surface area contributed by atoms with Crippen LogP contribution in [0.4, 0.5) is 0 Å². The highest BCUT2D eigenvalue weighted by molar-refractivity contribution is 9.10. The molecule has 0 radical (unpaired) electrons. The van der Waals surface area contributed by atoms with Crippen LogP contribution in [0, 0.1) is 5.92 Å². The summed E-state index contributed by atoms with van der Waals surface area (Å²) in [4.78, 5) is 38.2. The van der Waals surface area contributed by atoms with Gasteiger partial charge in [0, 0.05) is 35.6 Å². The minimum absolute atomic E-state index is 0.0397. The monoisotopic (exact) mass is 409 g/mol. The number of halogens is 1. The molecule has 1 aliphatic rings. The van der Waals surface area contributed by atoms with E-state index in [4.69, 9.17) is 0 Å². The molecule has 136 valence electrons. The van der Waals surface area contributed by atoms with Gasteiger partial charge in [0.05, 0.1) is 0 Å². The van der Waals surface area contributed by atoms with Gasteiger partial charge in [0.2, 0.25) is 11.8 Å². The Labute approximate surface area is 156 Å². The van der Waals surface area contributed by atoms with Crippen molar-refractivity contribution in [2.45, 2.75) is 32.7 Å². The lowest BCUT2D eigenvalue weighted by atomic mass is 10.1. The zero-order chi connectivity index (χ0) is 18.4. The Kier molecular flexibility index (Phi) is 6.99. The SMILES string of the molecule is CC(C)C(=O)NCCNC(=O)C1CCCN1C(=O)c1ccc(Br)cc1. The van der Waals surface area contributed by atoms with Gasteiger partial charge in [-0.2, -0.15) is 0 Å². The van der Waals surface area contributed by atoms with Crippen LogP contribution in [0.15, 0.2) is 28.7 Å². The summed E-state index contributed by atoms with van der Waals surface area (Å²) in [5.41, 5.74) is 0.576. The molecule has 7 heteroatoms. The predicted octanol–water partition coefficient (Wildman–Crippen LogP) is 1.94. The van der Waals surface area contributed by atoms with E-state index >= 15 is 0 Å². The number of benzene rings is 1. The highest BCUT2D eigenvalue weighted by Crippen LogP contribution is 2.21. The molecule has 1 aromatic rings. The van der Waals surface area contributed by atoms with E-state index in [0.29, 0.717) is 31.6 Å². The van der Waals surface area contributed by atoms with E-state index in [1.54, 1.807) is 17.0 Å². The molecule has 0 saturated carbocycles. The van der Waals surface area contributed by atoms with E-state index in [-0.39, 0.29) is 23.6 Å². The van der Waals surface area contributed by atoms with Gasteiger partial charge in [-0.05, 0) is 37.1 Å². The van der Waals surface area contributed by atoms with Gasteiger partial charge >= 0.3 is 0 Å². The van der Waals surface area contributed by atoms with Crippen molar-refractivity contribution < 1.29 is 14.4 Å². The second-order valence-electron chi connectivity index (χ2n) is 6.40. The fourth-order valence-electron chi connectivity index (χ4n) is 2.73. The van der Waals surface area contributed by atoms with Gasteiger partial charge < -0.3 is 15.5 Å². The largest absolute Gasteiger partial charge is 0.354 e. The number of amides is 3. The van der Waals surface area contributed by atoms with Gasteiger partial charge in [-0.1, -0.05) is 29.8 Å². The first-order chi connectivity index (χ1) is 11.9. The molecular formula is C18H24BrN3O3. The predicted molar refractivity (Wildman–Crippen MR) is 99.1 cm³/mol. The molecule has 1 aromatic carbocycles. The summed E-state index contributed by atoms with van der Waals surface area (Å²) in [6.07, 6.45) is 1.47. The van der Waals surface area contributed by atoms with Crippen molar-refractivity contribution in [3.63, 3.8) is 0 Å². The Bertz CT molecular complexity index is 631. The molecular weight excluding hydrogens is 386 g/mol. The van der Waals surface area contributed by atoms with Crippen molar-refractivity contribution >= 4 is 33.7 Å². The number of carbonyl (C=O) groups excluding carboxylic acids is 3. The average Bonchev–Trinajstić information content (AvgIpc) is 3.08. The Morgan fingerprint density at radius 3 is 2.44 bits per heavy atom. The van der Waals surface area contributed by atoms with Crippen LogP contribution in [-0.4, -0.2) is 48.3 Å². The summed E-state index contributed by atoms with van der Waals surface area (Å²) >= 11 is 3.35. The van der Waals surface area contributed by atoms with Gasteiger partial charge in [-0.3, -0.25) is 14.4 Å². The number of hydrogen-bond donors (Lipinski definition) is 2. The van der Waals surface area contributed by atoms with Gasteiger partial charge in [0.15, 0.2) is 0 Å². The van der Waals surface area contributed by atoms with Crippen molar-refractivity contribution in [3.8, 4) is 0 Å². The molecule has 1 atom stereocenters. The molecule has 1 aliphatic heterocycles. The van der Waals surface area contributed by atoms with Crippen molar-refractivity contribution in [3.05, 3.63) is 34.3 Å². The molecule has 0 bridgehead atoms. The van der Waals surface area contributed by atoms with Gasteiger partial charge in [-0.15, -0.1) is 0 Å². The van der Waals surface area contributed by atoms with Crippen molar-refractivity contribution in [1.82, 2.24) is 15.5 Å². The third kappa shape index (κ3) is 5.29. The molecule has 2 N–H and O–H groups in total. The fraction of sp³-hybridized carbons (Fsp3) is 0.500. The first-order valence-corrected chi connectivity index (χ1v) is 9.31.